The van der Waals surface area contributed by atoms with E-state index >= 15 is 0 Å². The van der Waals surface area contributed by atoms with Crippen LogP contribution in [0.2, 0.25) is 5.02 Å². The third-order valence-electron chi connectivity index (χ3n) is 2.77. The van der Waals surface area contributed by atoms with Crippen molar-refractivity contribution in [1.82, 2.24) is 5.32 Å². The lowest BCUT2D eigenvalue weighted by atomic mass is 10.0. The summed E-state index contributed by atoms with van der Waals surface area (Å²) >= 11 is 5.71. The third-order valence-corrected chi connectivity index (χ3v) is 3.00. The van der Waals surface area contributed by atoms with E-state index in [1.54, 1.807) is 6.07 Å². The van der Waals surface area contributed by atoms with Crippen LogP contribution in [0.3, 0.4) is 0 Å². The first-order valence-electron chi connectivity index (χ1n) is 5.75. The largest absolute Gasteiger partial charge is 0.507 e. The van der Waals surface area contributed by atoms with E-state index in [2.05, 4.69) is 19.2 Å². The molecule has 1 atom stereocenters. The van der Waals surface area contributed by atoms with Crippen LogP contribution in [0.15, 0.2) is 18.2 Å². The summed E-state index contributed by atoms with van der Waals surface area (Å²) in [6.07, 6.45) is 0.859. The number of rotatable bonds is 4. The summed E-state index contributed by atoms with van der Waals surface area (Å²) in [5.41, 5.74) is 0.258. The Kier molecular flexibility index (Phi) is 4.82. The maximum Gasteiger partial charge on any atom is 0.255 e. The molecule has 17 heavy (non-hydrogen) atoms. The smallest absolute Gasteiger partial charge is 0.255 e. The summed E-state index contributed by atoms with van der Waals surface area (Å²) in [5.74, 6) is 0.00622. The Morgan fingerprint density at radius 3 is 2.59 bits per heavy atom. The normalized spacial score (nSPS) is 12.5. The first-order chi connectivity index (χ1) is 7.95. The van der Waals surface area contributed by atoms with E-state index in [1.807, 2.05) is 6.92 Å². The van der Waals surface area contributed by atoms with E-state index in [4.69, 9.17) is 11.6 Å². The topological polar surface area (TPSA) is 49.3 Å². The molecular weight excluding hydrogens is 238 g/mol. The molecule has 1 aromatic rings. The Bertz CT molecular complexity index is 404. The van der Waals surface area contributed by atoms with Gasteiger partial charge < -0.3 is 10.4 Å². The summed E-state index contributed by atoms with van der Waals surface area (Å²) in [6, 6.07) is 4.59. The lowest BCUT2D eigenvalue weighted by molar-refractivity contribution is 0.0922. The molecule has 94 valence electrons. The van der Waals surface area contributed by atoms with Crippen LogP contribution in [0.4, 0.5) is 0 Å². The average Bonchev–Trinajstić information content (AvgIpc) is 2.24. The Balaban J connectivity index is 2.82. The lowest BCUT2D eigenvalue weighted by Crippen LogP contribution is -2.38. The van der Waals surface area contributed by atoms with Crippen molar-refractivity contribution in [3.63, 3.8) is 0 Å². The van der Waals surface area contributed by atoms with Gasteiger partial charge in [0.25, 0.3) is 5.91 Å². The van der Waals surface area contributed by atoms with E-state index in [9.17, 15) is 9.90 Å². The van der Waals surface area contributed by atoms with Crippen molar-refractivity contribution in [1.29, 1.82) is 0 Å². The van der Waals surface area contributed by atoms with Gasteiger partial charge in [-0.1, -0.05) is 32.4 Å². The zero-order valence-electron chi connectivity index (χ0n) is 10.3. The van der Waals surface area contributed by atoms with Crippen LogP contribution in [-0.4, -0.2) is 17.1 Å². The summed E-state index contributed by atoms with van der Waals surface area (Å²) in [6.45, 7) is 6.12. The summed E-state index contributed by atoms with van der Waals surface area (Å²) < 4.78 is 0. The molecule has 0 saturated carbocycles. The predicted octanol–water partition coefficient (Wildman–Crippen LogP) is 3.21. The number of hydrogen-bond acceptors (Lipinski definition) is 2. The first-order valence-corrected chi connectivity index (χ1v) is 6.12. The van der Waals surface area contributed by atoms with Crippen LogP contribution >= 0.6 is 11.6 Å². The second kappa shape index (κ2) is 5.92. The molecule has 1 rings (SSSR count). The molecular formula is C13H18ClNO2. The molecule has 0 aromatic heterocycles. The zero-order valence-corrected chi connectivity index (χ0v) is 11.1. The van der Waals surface area contributed by atoms with Crippen LogP contribution in [0, 0.1) is 5.92 Å². The summed E-state index contributed by atoms with van der Waals surface area (Å²) in [7, 11) is 0. The van der Waals surface area contributed by atoms with Gasteiger partial charge in [0.15, 0.2) is 0 Å². The minimum absolute atomic E-state index is 0.0893. The number of aromatic hydroxyl groups is 1. The average molecular weight is 256 g/mol. The second-order valence-electron chi connectivity index (χ2n) is 4.39. The molecule has 0 spiro atoms. The third kappa shape index (κ3) is 3.63. The molecule has 1 amide bonds. The number of phenolic OH excluding ortho intramolecular Hbond substituents is 1. The molecule has 0 aliphatic heterocycles. The van der Waals surface area contributed by atoms with Gasteiger partial charge in [-0.25, -0.2) is 0 Å². The maximum atomic E-state index is 11.9. The van der Waals surface area contributed by atoms with E-state index in [0.29, 0.717) is 10.9 Å². The minimum atomic E-state index is -0.264. The first kappa shape index (κ1) is 13.8. The van der Waals surface area contributed by atoms with E-state index in [-0.39, 0.29) is 23.3 Å². The van der Waals surface area contributed by atoms with Crippen LogP contribution < -0.4 is 5.32 Å². The Labute approximate surface area is 107 Å². The molecule has 2 N–H and O–H groups in total. The highest BCUT2D eigenvalue weighted by molar-refractivity contribution is 6.30. The standard InChI is InChI=1S/C13H18ClNO2/c1-4-11(8(2)3)15-13(17)10-6-5-9(14)7-12(10)16/h5-8,11,16H,4H2,1-3H3,(H,15,17). The van der Waals surface area contributed by atoms with Crippen LogP contribution in [0.1, 0.15) is 37.6 Å². The van der Waals surface area contributed by atoms with Gasteiger partial charge in [-0.3, -0.25) is 4.79 Å². The molecule has 0 fully saturated rings. The second-order valence-corrected chi connectivity index (χ2v) is 4.83. The highest BCUT2D eigenvalue weighted by Crippen LogP contribution is 2.22. The highest BCUT2D eigenvalue weighted by Gasteiger charge is 2.17. The van der Waals surface area contributed by atoms with E-state index in [1.165, 1.54) is 12.1 Å². The summed E-state index contributed by atoms with van der Waals surface area (Å²) in [4.78, 5) is 11.9. The number of carbonyl (C=O) groups excluding carboxylic acids is 1. The number of benzene rings is 1. The number of halogens is 1. The monoisotopic (exact) mass is 255 g/mol. The molecule has 0 radical (unpaired) electrons. The van der Waals surface area contributed by atoms with Crippen molar-refractivity contribution in [2.24, 2.45) is 5.92 Å². The molecule has 0 saturated heterocycles. The van der Waals surface area contributed by atoms with Gasteiger partial charge >= 0.3 is 0 Å². The van der Waals surface area contributed by atoms with Crippen molar-refractivity contribution in [3.8, 4) is 5.75 Å². The van der Waals surface area contributed by atoms with Crippen molar-refractivity contribution < 1.29 is 9.90 Å². The molecule has 0 heterocycles. The minimum Gasteiger partial charge on any atom is -0.507 e. The molecule has 4 heteroatoms. The van der Waals surface area contributed by atoms with Crippen molar-refractivity contribution in [2.45, 2.75) is 33.2 Å². The fourth-order valence-electron chi connectivity index (χ4n) is 1.68. The van der Waals surface area contributed by atoms with Crippen LogP contribution in [0.5, 0.6) is 5.75 Å². The Morgan fingerprint density at radius 2 is 2.12 bits per heavy atom. The van der Waals surface area contributed by atoms with Gasteiger partial charge in [-0.2, -0.15) is 0 Å². The Hall–Kier alpha value is -1.22. The molecule has 1 unspecified atom stereocenters. The van der Waals surface area contributed by atoms with E-state index in [0.717, 1.165) is 6.42 Å². The number of phenols is 1. The molecule has 0 aliphatic carbocycles. The molecule has 1 aromatic carbocycles. The number of carbonyl (C=O) groups is 1. The fourth-order valence-corrected chi connectivity index (χ4v) is 1.85. The number of hydrogen-bond donors (Lipinski definition) is 2. The van der Waals surface area contributed by atoms with Gasteiger partial charge in [0.2, 0.25) is 0 Å². The zero-order chi connectivity index (χ0) is 13.0. The lowest BCUT2D eigenvalue weighted by Gasteiger charge is -2.20. The quantitative estimate of drug-likeness (QED) is 0.868. The Morgan fingerprint density at radius 1 is 1.47 bits per heavy atom. The molecule has 3 nitrogen and oxygen atoms in total. The maximum absolute atomic E-state index is 11.9. The fraction of sp³-hybridized carbons (Fsp3) is 0.462. The van der Waals surface area contributed by atoms with Crippen molar-refractivity contribution >= 4 is 17.5 Å². The predicted molar refractivity (Wildman–Crippen MR) is 69.5 cm³/mol. The SMILES string of the molecule is CCC(NC(=O)c1ccc(Cl)cc1O)C(C)C. The molecule has 0 bridgehead atoms. The highest BCUT2D eigenvalue weighted by atomic mass is 35.5. The van der Waals surface area contributed by atoms with Crippen LogP contribution in [0.25, 0.3) is 0 Å². The molecule has 0 aliphatic rings. The number of amides is 1. The van der Waals surface area contributed by atoms with Gasteiger partial charge in [0.05, 0.1) is 5.56 Å². The van der Waals surface area contributed by atoms with Crippen molar-refractivity contribution in [3.05, 3.63) is 28.8 Å². The number of nitrogens with one attached hydrogen (secondary N) is 1. The van der Waals surface area contributed by atoms with Gasteiger partial charge in [-0.15, -0.1) is 0 Å². The van der Waals surface area contributed by atoms with Crippen LogP contribution in [-0.2, 0) is 0 Å². The van der Waals surface area contributed by atoms with Gasteiger partial charge in [-0.05, 0) is 30.5 Å². The van der Waals surface area contributed by atoms with Crippen molar-refractivity contribution in [2.75, 3.05) is 0 Å². The summed E-state index contributed by atoms with van der Waals surface area (Å²) in [5, 5.41) is 13.0. The van der Waals surface area contributed by atoms with Gasteiger partial charge in [0, 0.05) is 11.1 Å². The van der Waals surface area contributed by atoms with Gasteiger partial charge in [0.1, 0.15) is 5.75 Å². The van der Waals surface area contributed by atoms with E-state index < -0.39 is 0 Å².